The van der Waals surface area contributed by atoms with E-state index >= 15 is 0 Å². The van der Waals surface area contributed by atoms with Crippen LogP contribution in [-0.2, 0) is 9.53 Å². The lowest BCUT2D eigenvalue weighted by Crippen LogP contribution is -1.86. The molecule has 0 aliphatic carbocycles. The van der Waals surface area contributed by atoms with E-state index in [1.54, 1.807) is 0 Å². The molecule has 5 heteroatoms. The van der Waals surface area contributed by atoms with Crippen molar-refractivity contribution in [1.29, 1.82) is 0 Å². The average molecular weight is 133 g/mol. The molecule has 0 aromatic rings. The van der Waals surface area contributed by atoms with Crippen LogP contribution in [0.3, 0.4) is 0 Å². The maximum absolute atomic E-state index is 10.0. The predicted octanol–water partition coefficient (Wildman–Crippen LogP) is 0.737. The lowest BCUT2D eigenvalue weighted by atomic mass is 11.5. The van der Waals surface area contributed by atoms with Gasteiger partial charge in [0.15, 0.2) is 0 Å². The topological polar surface area (TPSA) is 55.7 Å². The molecular formula is C3H3NO3S. The maximum Gasteiger partial charge on any atom is 0.390 e. The second-order valence-electron chi connectivity index (χ2n) is 0.728. The normalized spacial score (nSPS) is 7.12. The van der Waals surface area contributed by atoms with E-state index in [0.29, 0.717) is 11.9 Å². The van der Waals surface area contributed by atoms with Crippen LogP contribution in [0.15, 0.2) is 4.40 Å². The van der Waals surface area contributed by atoms with E-state index in [1.165, 1.54) is 13.2 Å². The lowest BCUT2D eigenvalue weighted by Gasteiger charge is -1.85. The summed E-state index contributed by atoms with van der Waals surface area (Å²) in [4.78, 5) is 19.3. The summed E-state index contributed by atoms with van der Waals surface area (Å²) in [5, 5.41) is -0.617. The van der Waals surface area contributed by atoms with Crippen molar-refractivity contribution in [3.05, 3.63) is 0 Å². The Balaban J connectivity index is 3.39. The van der Waals surface area contributed by atoms with E-state index in [-0.39, 0.29) is 0 Å². The van der Waals surface area contributed by atoms with Crippen molar-refractivity contribution < 1.29 is 14.3 Å². The van der Waals surface area contributed by atoms with Crippen LogP contribution < -0.4 is 0 Å². The van der Waals surface area contributed by atoms with E-state index < -0.39 is 5.30 Å². The summed E-state index contributed by atoms with van der Waals surface area (Å²) in [5.74, 6) is 0. The minimum Gasteiger partial charge on any atom is -0.460 e. The fourth-order valence-electron chi connectivity index (χ4n) is 0.0932. The van der Waals surface area contributed by atoms with Crippen molar-refractivity contribution in [2.24, 2.45) is 4.40 Å². The minimum absolute atomic E-state index is 0.417. The molecule has 0 fully saturated rings. The van der Waals surface area contributed by atoms with Gasteiger partial charge in [-0.05, 0) is 0 Å². The summed E-state index contributed by atoms with van der Waals surface area (Å²) < 4.78 is 6.98. The third-order valence-corrected chi connectivity index (χ3v) is 0.806. The van der Waals surface area contributed by atoms with Crippen molar-refractivity contribution in [1.82, 2.24) is 0 Å². The van der Waals surface area contributed by atoms with Gasteiger partial charge in [0.2, 0.25) is 6.08 Å². The Labute approximate surface area is 50.1 Å². The van der Waals surface area contributed by atoms with Crippen LogP contribution >= 0.6 is 11.9 Å². The van der Waals surface area contributed by atoms with E-state index in [0.717, 1.165) is 0 Å². The zero-order valence-corrected chi connectivity index (χ0v) is 4.90. The molecule has 4 nitrogen and oxygen atoms in total. The highest BCUT2D eigenvalue weighted by molar-refractivity contribution is 8.12. The third-order valence-electron chi connectivity index (χ3n) is 0.324. The zero-order chi connectivity index (χ0) is 6.41. The molecule has 44 valence electrons. The third kappa shape index (κ3) is 3.39. The molecule has 0 aliphatic rings. The number of nitrogens with zero attached hydrogens (tertiary/aromatic N) is 1. The Kier molecular flexibility index (Phi) is 3.93. The average Bonchev–Trinajstić information content (AvgIpc) is 1.83. The molecule has 0 heterocycles. The minimum atomic E-state index is -0.617. The molecule has 0 amide bonds. The largest absolute Gasteiger partial charge is 0.460 e. The summed E-state index contributed by atoms with van der Waals surface area (Å²) in [6, 6.07) is 0. The Bertz CT molecular complexity index is 128. The molecule has 0 spiro atoms. The van der Waals surface area contributed by atoms with Gasteiger partial charge in [-0.1, -0.05) is 0 Å². The van der Waals surface area contributed by atoms with Gasteiger partial charge in [-0.3, -0.25) is 0 Å². The maximum atomic E-state index is 10.0. The molecule has 0 aromatic carbocycles. The summed E-state index contributed by atoms with van der Waals surface area (Å²) in [6.45, 7) is 0. The molecular weight excluding hydrogens is 130 g/mol. The summed E-state index contributed by atoms with van der Waals surface area (Å²) in [6.07, 6.45) is 1.17. The van der Waals surface area contributed by atoms with Gasteiger partial charge in [0, 0.05) is 0 Å². The second kappa shape index (κ2) is 4.36. The smallest absolute Gasteiger partial charge is 0.390 e. The van der Waals surface area contributed by atoms with Crippen LogP contribution in [0.4, 0.5) is 4.79 Å². The molecule has 0 radical (unpaired) electrons. The van der Waals surface area contributed by atoms with Gasteiger partial charge in [0.1, 0.15) is 11.9 Å². The molecule has 0 saturated heterocycles. The van der Waals surface area contributed by atoms with Gasteiger partial charge >= 0.3 is 5.30 Å². The van der Waals surface area contributed by atoms with E-state index in [4.69, 9.17) is 0 Å². The highest BCUT2D eigenvalue weighted by Gasteiger charge is 1.95. The zero-order valence-electron chi connectivity index (χ0n) is 4.08. The van der Waals surface area contributed by atoms with Gasteiger partial charge in [-0.25, -0.2) is 9.59 Å². The van der Waals surface area contributed by atoms with Gasteiger partial charge in [0.05, 0.1) is 7.11 Å². The fourth-order valence-corrected chi connectivity index (χ4v) is 0.280. The standard InChI is InChI=1S/C3H3NO3S/c1-7-3(6)8-4-2-5/h1H3. The predicted molar refractivity (Wildman–Crippen MR) is 28.1 cm³/mol. The number of hydrogen-bond donors (Lipinski definition) is 0. The molecule has 0 rings (SSSR count). The van der Waals surface area contributed by atoms with E-state index in [2.05, 4.69) is 9.13 Å². The van der Waals surface area contributed by atoms with Crippen molar-refractivity contribution in [2.45, 2.75) is 0 Å². The summed E-state index contributed by atoms with van der Waals surface area (Å²) >= 11 is 0.417. The number of isocyanates is 1. The van der Waals surface area contributed by atoms with Crippen LogP contribution in [0, 0.1) is 0 Å². The summed E-state index contributed by atoms with van der Waals surface area (Å²) in [5.41, 5.74) is 0. The van der Waals surface area contributed by atoms with Crippen LogP contribution in [0.2, 0.25) is 0 Å². The molecule has 8 heavy (non-hydrogen) atoms. The van der Waals surface area contributed by atoms with Gasteiger partial charge in [-0.2, -0.15) is 0 Å². The fraction of sp³-hybridized carbons (Fsp3) is 0.333. The van der Waals surface area contributed by atoms with Crippen molar-refractivity contribution in [3.63, 3.8) is 0 Å². The first kappa shape index (κ1) is 7.20. The highest BCUT2D eigenvalue weighted by atomic mass is 32.2. The SMILES string of the molecule is COC(=O)SN=C=O. The number of carbonyl (C=O) groups is 1. The Morgan fingerprint density at radius 1 is 1.88 bits per heavy atom. The number of ether oxygens (including phenoxy) is 1. The Morgan fingerprint density at radius 2 is 2.50 bits per heavy atom. The van der Waals surface area contributed by atoms with Crippen LogP contribution in [0.5, 0.6) is 0 Å². The first-order chi connectivity index (χ1) is 3.81. The van der Waals surface area contributed by atoms with Gasteiger partial charge in [0.25, 0.3) is 0 Å². The van der Waals surface area contributed by atoms with Crippen LogP contribution in [-0.4, -0.2) is 18.5 Å². The monoisotopic (exact) mass is 133 g/mol. The van der Waals surface area contributed by atoms with Crippen molar-refractivity contribution in [3.8, 4) is 0 Å². The second-order valence-corrected chi connectivity index (χ2v) is 1.43. The van der Waals surface area contributed by atoms with Crippen molar-refractivity contribution in [2.75, 3.05) is 7.11 Å². The number of methoxy groups -OCH3 is 1. The molecule has 0 atom stereocenters. The molecule has 0 aromatic heterocycles. The van der Waals surface area contributed by atoms with Crippen LogP contribution in [0.25, 0.3) is 0 Å². The summed E-state index contributed by atoms with van der Waals surface area (Å²) in [7, 11) is 1.20. The first-order valence-electron chi connectivity index (χ1n) is 1.63. The van der Waals surface area contributed by atoms with Gasteiger partial charge in [-0.15, -0.1) is 4.40 Å². The molecule has 0 bridgehead atoms. The first-order valence-corrected chi connectivity index (χ1v) is 2.40. The van der Waals surface area contributed by atoms with Crippen molar-refractivity contribution >= 4 is 23.3 Å². The Morgan fingerprint density at radius 3 is 2.88 bits per heavy atom. The number of hydrogen-bond acceptors (Lipinski definition) is 5. The molecule has 0 saturated carbocycles. The molecule has 0 N–H and O–H groups in total. The van der Waals surface area contributed by atoms with Crippen LogP contribution in [0.1, 0.15) is 0 Å². The van der Waals surface area contributed by atoms with E-state index in [1.807, 2.05) is 0 Å². The number of carbonyl (C=O) groups excluding carboxylic acids is 2. The van der Waals surface area contributed by atoms with Gasteiger partial charge < -0.3 is 4.74 Å². The Hall–Kier alpha value is -0.800. The quantitative estimate of drug-likeness (QED) is 0.229. The lowest BCUT2D eigenvalue weighted by molar-refractivity contribution is 0.200. The van der Waals surface area contributed by atoms with E-state index in [9.17, 15) is 9.59 Å². The molecule has 0 unspecified atom stereocenters. The highest BCUT2D eigenvalue weighted by Crippen LogP contribution is 2.02. The molecule has 0 aliphatic heterocycles. The number of rotatable bonds is 1.